The van der Waals surface area contributed by atoms with Gasteiger partial charge in [0.1, 0.15) is 0 Å². The summed E-state index contributed by atoms with van der Waals surface area (Å²) in [6.07, 6.45) is 2.51. The molecule has 0 aliphatic heterocycles. The van der Waals surface area contributed by atoms with Crippen molar-refractivity contribution in [1.82, 2.24) is 5.32 Å². The van der Waals surface area contributed by atoms with Gasteiger partial charge < -0.3 is 5.32 Å². The molecule has 1 heteroatoms. The summed E-state index contributed by atoms with van der Waals surface area (Å²) in [5.41, 5.74) is 4.67. The van der Waals surface area contributed by atoms with E-state index < -0.39 is 0 Å². The first kappa shape index (κ1) is 14.3. The number of likely N-dealkylation sites (N-methyl/N-ethyl adjacent to an activating group) is 1. The van der Waals surface area contributed by atoms with Crippen LogP contribution in [0, 0.1) is 6.92 Å². The molecule has 21 heavy (non-hydrogen) atoms. The average molecular weight is 279 g/mol. The number of hydrogen-bond acceptors (Lipinski definition) is 1. The average Bonchev–Trinajstić information content (AvgIpc) is 2.49. The van der Waals surface area contributed by atoms with Crippen molar-refractivity contribution in [3.05, 3.63) is 71.3 Å². The van der Waals surface area contributed by atoms with Gasteiger partial charge in [-0.25, -0.2) is 0 Å². The molecule has 1 nitrogen and oxygen atoms in total. The molecular weight excluding hydrogens is 254 g/mol. The van der Waals surface area contributed by atoms with Crippen molar-refractivity contribution in [2.45, 2.75) is 38.0 Å². The topological polar surface area (TPSA) is 12.0 Å². The third kappa shape index (κ3) is 2.89. The largest absolute Gasteiger partial charge is 0.316 e. The van der Waals surface area contributed by atoms with E-state index in [0.717, 1.165) is 13.1 Å². The zero-order chi connectivity index (χ0) is 14.7. The fraction of sp³-hybridized carbons (Fsp3) is 0.400. The normalized spacial score (nSPS) is 24.6. The molecule has 0 bridgehead atoms. The molecule has 0 unspecified atom stereocenters. The molecule has 0 atom stereocenters. The SMILES string of the molecule is CCNCC1(c2ccc(C)cc2)CC(c2ccccc2)C1. The minimum atomic E-state index is 0.324. The molecule has 0 heterocycles. The van der Waals surface area contributed by atoms with Crippen molar-refractivity contribution in [3.63, 3.8) is 0 Å². The van der Waals surface area contributed by atoms with Crippen LogP contribution >= 0.6 is 0 Å². The van der Waals surface area contributed by atoms with Crippen molar-refractivity contribution in [3.8, 4) is 0 Å². The van der Waals surface area contributed by atoms with Gasteiger partial charge in [0.15, 0.2) is 0 Å². The Kier molecular flexibility index (Phi) is 4.12. The van der Waals surface area contributed by atoms with Crippen LogP contribution in [0.25, 0.3) is 0 Å². The molecular formula is C20H25N. The number of aryl methyl sites for hydroxylation is 1. The summed E-state index contributed by atoms with van der Waals surface area (Å²) in [7, 11) is 0. The van der Waals surface area contributed by atoms with Crippen LogP contribution in [0.5, 0.6) is 0 Å². The van der Waals surface area contributed by atoms with Gasteiger partial charge in [-0.2, -0.15) is 0 Å². The fourth-order valence-electron chi connectivity index (χ4n) is 3.60. The highest BCUT2D eigenvalue weighted by Gasteiger charge is 2.45. The first-order valence-electron chi connectivity index (χ1n) is 8.06. The molecule has 0 amide bonds. The van der Waals surface area contributed by atoms with Crippen LogP contribution in [0.3, 0.4) is 0 Å². The van der Waals surface area contributed by atoms with Gasteiger partial charge in [-0.15, -0.1) is 0 Å². The van der Waals surface area contributed by atoms with Crippen LogP contribution in [0.15, 0.2) is 54.6 Å². The maximum absolute atomic E-state index is 3.58. The lowest BCUT2D eigenvalue weighted by Gasteiger charge is -2.49. The molecule has 0 spiro atoms. The zero-order valence-corrected chi connectivity index (χ0v) is 13.1. The lowest BCUT2D eigenvalue weighted by molar-refractivity contribution is 0.195. The summed E-state index contributed by atoms with van der Waals surface area (Å²) < 4.78 is 0. The van der Waals surface area contributed by atoms with Crippen LogP contribution in [-0.4, -0.2) is 13.1 Å². The summed E-state index contributed by atoms with van der Waals surface area (Å²) in [6, 6.07) is 20.1. The van der Waals surface area contributed by atoms with Crippen LogP contribution in [0.2, 0.25) is 0 Å². The highest BCUT2D eigenvalue weighted by Crippen LogP contribution is 2.52. The maximum atomic E-state index is 3.58. The third-order valence-corrected chi connectivity index (χ3v) is 4.92. The Balaban J connectivity index is 1.79. The monoisotopic (exact) mass is 279 g/mol. The van der Waals surface area contributed by atoms with E-state index in [0.29, 0.717) is 11.3 Å². The molecule has 1 fully saturated rings. The fourth-order valence-corrected chi connectivity index (χ4v) is 3.60. The molecule has 1 saturated carbocycles. The standard InChI is InChI=1S/C20H25N/c1-3-21-15-20(19-11-9-16(2)10-12-19)13-18(14-20)17-7-5-4-6-8-17/h4-12,18,21H,3,13-15H2,1-2H3. The van der Waals surface area contributed by atoms with Crippen LogP contribution in [-0.2, 0) is 5.41 Å². The Hall–Kier alpha value is -1.60. The molecule has 2 aromatic carbocycles. The van der Waals surface area contributed by atoms with E-state index in [1.54, 1.807) is 0 Å². The number of rotatable bonds is 5. The van der Waals surface area contributed by atoms with Crippen LogP contribution in [0.4, 0.5) is 0 Å². The van der Waals surface area contributed by atoms with Crippen molar-refractivity contribution in [2.75, 3.05) is 13.1 Å². The Morgan fingerprint density at radius 1 is 1.00 bits per heavy atom. The Morgan fingerprint density at radius 3 is 2.29 bits per heavy atom. The molecule has 1 aliphatic rings. The smallest absolute Gasteiger partial charge is 0.00894 e. The predicted molar refractivity (Wildman–Crippen MR) is 89.8 cm³/mol. The Morgan fingerprint density at radius 2 is 1.67 bits per heavy atom. The predicted octanol–water partition coefficient (Wildman–Crippen LogP) is 4.42. The maximum Gasteiger partial charge on any atom is 0.00894 e. The summed E-state index contributed by atoms with van der Waals surface area (Å²) in [4.78, 5) is 0. The Bertz CT molecular complexity index is 565. The zero-order valence-electron chi connectivity index (χ0n) is 13.1. The molecule has 1 N–H and O–H groups in total. The van der Waals surface area contributed by atoms with Gasteiger partial charge in [0, 0.05) is 12.0 Å². The van der Waals surface area contributed by atoms with Gasteiger partial charge in [-0.3, -0.25) is 0 Å². The van der Waals surface area contributed by atoms with Crippen molar-refractivity contribution in [1.29, 1.82) is 0 Å². The Labute approximate surface area is 128 Å². The first-order valence-corrected chi connectivity index (χ1v) is 8.06. The van der Waals surface area contributed by atoms with Crippen molar-refractivity contribution < 1.29 is 0 Å². The molecule has 1 aliphatic carbocycles. The van der Waals surface area contributed by atoms with Gasteiger partial charge in [-0.05, 0) is 43.4 Å². The van der Waals surface area contributed by atoms with Gasteiger partial charge in [-0.1, -0.05) is 67.1 Å². The van der Waals surface area contributed by atoms with Crippen LogP contribution < -0.4 is 5.32 Å². The second kappa shape index (κ2) is 6.03. The van der Waals surface area contributed by atoms with Crippen molar-refractivity contribution in [2.24, 2.45) is 0 Å². The number of hydrogen-bond donors (Lipinski definition) is 1. The second-order valence-electron chi connectivity index (χ2n) is 6.44. The lowest BCUT2D eigenvalue weighted by atomic mass is 9.57. The van der Waals surface area contributed by atoms with Gasteiger partial charge in [0.2, 0.25) is 0 Å². The minimum absolute atomic E-state index is 0.324. The van der Waals surface area contributed by atoms with E-state index in [9.17, 15) is 0 Å². The highest BCUT2D eigenvalue weighted by molar-refractivity contribution is 5.36. The van der Waals surface area contributed by atoms with E-state index in [2.05, 4.69) is 73.8 Å². The van der Waals surface area contributed by atoms with Gasteiger partial charge in [0.05, 0.1) is 0 Å². The highest BCUT2D eigenvalue weighted by atomic mass is 14.9. The molecule has 0 aromatic heterocycles. The molecule has 3 rings (SSSR count). The third-order valence-electron chi connectivity index (χ3n) is 4.92. The van der Waals surface area contributed by atoms with Crippen LogP contribution in [0.1, 0.15) is 42.4 Å². The van der Waals surface area contributed by atoms with E-state index in [1.165, 1.54) is 29.5 Å². The molecule has 0 saturated heterocycles. The summed E-state index contributed by atoms with van der Waals surface area (Å²) in [5.74, 6) is 0.714. The second-order valence-corrected chi connectivity index (χ2v) is 6.44. The summed E-state index contributed by atoms with van der Waals surface area (Å²) in [6.45, 7) is 6.49. The summed E-state index contributed by atoms with van der Waals surface area (Å²) >= 11 is 0. The lowest BCUT2D eigenvalue weighted by Crippen LogP contribution is -2.47. The first-order chi connectivity index (χ1) is 10.2. The van der Waals surface area contributed by atoms with E-state index in [4.69, 9.17) is 0 Å². The minimum Gasteiger partial charge on any atom is -0.316 e. The summed E-state index contributed by atoms with van der Waals surface area (Å²) in [5, 5.41) is 3.58. The van der Waals surface area contributed by atoms with Gasteiger partial charge >= 0.3 is 0 Å². The molecule has 110 valence electrons. The number of benzene rings is 2. The molecule has 0 radical (unpaired) electrons. The number of nitrogens with one attached hydrogen (secondary N) is 1. The quantitative estimate of drug-likeness (QED) is 0.854. The van der Waals surface area contributed by atoms with E-state index in [-0.39, 0.29) is 0 Å². The van der Waals surface area contributed by atoms with E-state index >= 15 is 0 Å². The van der Waals surface area contributed by atoms with Gasteiger partial charge in [0.25, 0.3) is 0 Å². The molecule has 2 aromatic rings. The van der Waals surface area contributed by atoms with E-state index in [1.807, 2.05) is 0 Å². The van der Waals surface area contributed by atoms with Crippen molar-refractivity contribution >= 4 is 0 Å².